The van der Waals surface area contributed by atoms with Gasteiger partial charge in [0.05, 0.1) is 22.9 Å². The molecule has 0 saturated carbocycles. The number of rotatable bonds is 9. The summed E-state index contributed by atoms with van der Waals surface area (Å²) < 4.78 is 10.7. The highest BCUT2D eigenvalue weighted by atomic mass is 16.5. The van der Waals surface area contributed by atoms with Crippen LogP contribution in [0.15, 0.2) is 116 Å². The van der Waals surface area contributed by atoms with Crippen LogP contribution in [0.1, 0.15) is 56.7 Å². The van der Waals surface area contributed by atoms with Gasteiger partial charge in [-0.3, -0.25) is 4.57 Å². The molecule has 3 heterocycles. The van der Waals surface area contributed by atoms with Crippen LogP contribution in [0.5, 0.6) is 11.5 Å². The van der Waals surface area contributed by atoms with Gasteiger partial charge in [-0.1, -0.05) is 70.2 Å². The van der Waals surface area contributed by atoms with Crippen LogP contribution in [0.4, 0.5) is 0 Å². The summed E-state index contributed by atoms with van der Waals surface area (Å²) in [4.78, 5) is 4.79. The van der Waals surface area contributed by atoms with E-state index in [1.165, 1.54) is 33.0 Å². The molecule has 0 saturated heterocycles. The minimum Gasteiger partial charge on any atom is -0.457 e. The third-order valence-corrected chi connectivity index (χ3v) is 8.85. The summed E-state index contributed by atoms with van der Waals surface area (Å²) in [6.45, 7) is 11.2. The first-order valence-corrected chi connectivity index (χ1v) is 16.3. The highest BCUT2D eigenvalue weighted by Crippen LogP contribution is 2.36. The first kappa shape index (κ1) is 29.5. The Hall–Kier alpha value is -5.16. The fraction of sp³-hybridized carbons (Fsp3) is 0.220. The van der Waals surface area contributed by atoms with Crippen LogP contribution >= 0.6 is 0 Å². The minimum absolute atomic E-state index is 0.413. The molecule has 0 aliphatic carbocycles. The summed E-state index contributed by atoms with van der Waals surface area (Å²) in [6, 6.07) is 33.8. The second kappa shape index (κ2) is 12.3. The number of hydrogen-bond acceptors (Lipinski definition) is 3. The first-order valence-electron chi connectivity index (χ1n) is 16.3. The van der Waals surface area contributed by atoms with Crippen LogP contribution < -0.4 is 4.74 Å². The SMILES string of the molecule is Cc1cccc(CCC(C)C)c1-c1cnn(-c2cccc(Oc3ccc4c5ccccc5n(-c5cc(C(C)C)ccn5)c4c3)c2)c1. The van der Waals surface area contributed by atoms with Crippen LogP contribution in [0, 0.1) is 12.8 Å². The second-order valence-electron chi connectivity index (χ2n) is 12.9. The number of aryl methyl sites for hydroxylation is 2. The summed E-state index contributed by atoms with van der Waals surface area (Å²) in [5, 5.41) is 7.13. The van der Waals surface area contributed by atoms with E-state index in [0.717, 1.165) is 52.4 Å². The Morgan fingerprint density at radius 3 is 2.41 bits per heavy atom. The third-order valence-electron chi connectivity index (χ3n) is 8.85. The summed E-state index contributed by atoms with van der Waals surface area (Å²) in [5.41, 5.74) is 9.48. The van der Waals surface area contributed by atoms with Crippen molar-refractivity contribution in [2.75, 3.05) is 0 Å². The van der Waals surface area contributed by atoms with Gasteiger partial charge in [0, 0.05) is 40.9 Å². The van der Waals surface area contributed by atoms with Crippen LogP contribution in [0.2, 0.25) is 0 Å². The number of fused-ring (bicyclic) bond motifs is 3. The number of ether oxygens (including phenoxy) is 1. The van der Waals surface area contributed by atoms with Gasteiger partial charge in [-0.25, -0.2) is 9.67 Å². The summed E-state index contributed by atoms with van der Waals surface area (Å²) in [5.74, 6) is 3.51. The highest BCUT2D eigenvalue weighted by molar-refractivity contribution is 6.09. The Morgan fingerprint density at radius 1 is 0.761 bits per heavy atom. The van der Waals surface area contributed by atoms with E-state index >= 15 is 0 Å². The largest absolute Gasteiger partial charge is 0.457 e. The van der Waals surface area contributed by atoms with Gasteiger partial charge in [0.15, 0.2) is 0 Å². The number of pyridine rings is 1. The van der Waals surface area contributed by atoms with Crippen molar-refractivity contribution in [2.24, 2.45) is 5.92 Å². The van der Waals surface area contributed by atoms with Crippen molar-refractivity contribution in [1.29, 1.82) is 0 Å². The lowest BCUT2D eigenvalue weighted by atomic mass is 9.92. The van der Waals surface area contributed by atoms with Crippen molar-refractivity contribution in [3.8, 4) is 34.1 Å². The van der Waals surface area contributed by atoms with Crippen LogP contribution in [-0.2, 0) is 6.42 Å². The number of benzene rings is 4. The van der Waals surface area contributed by atoms with Crippen molar-refractivity contribution in [3.05, 3.63) is 132 Å². The van der Waals surface area contributed by atoms with E-state index in [2.05, 4.69) is 118 Å². The van der Waals surface area contributed by atoms with Gasteiger partial charge in [0.25, 0.3) is 0 Å². The molecule has 0 N–H and O–H groups in total. The fourth-order valence-electron chi connectivity index (χ4n) is 6.39. The highest BCUT2D eigenvalue weighted by Gasteiger charge is 2.16. The average Bonchev–Trinajstić information content (AvgIpc) is 3.67. The standard InChI is InChI=1S/C41H40N4O/c1-27(2)16-17-30-11-8-10-29(5)41(30)32-25-43-44(26-32)33-12-9-13-34(23-33)46-35-18-19-37-36-14-6-7-15-38(36)45(39(37)24-35)40-22-31(28(3)4)20-21-42-40/h6-15,18-28H,16-17H2,1-5H3. The molecule has 4 aromatic carbocycles. The third kappa shape index (κ3) is 5.69. The molecule has 0 atom stereocenters. The van der Waals surface area contributed by atoms with Gasteiger partial charge in [0.2, 0.25) is 0 Å². The van der Waals surface area contributed by atoms with Crippen molar-refractivity contribution in [1.82, 2.24) is 19.3 Å². The lowest BCUT2D eigenvalue weighted by Gasteiger charge is -2.13. The number of hydrogen-bond donors (Lipinski definition) is 0. The zero-order chi connectivity index (χ0) is 31.8. The van der Waals surface area contributed by atoms with Gasteiger partial charge >= 0.3 is 0 Å². The average molecular weight is 605 g/mol. The fourth-order valence-corrected chi connectivity index (χ4v) is 6.39. The molecular formula is C41H40N4O. The molecule has 3 aromatic heterocycles. The maximum Gasteiger partial charge on any atom is 0.137 e. The number of para-hydroxylation sites is 1. The molecule has 0 radical (unpaired) electrons. The molecular weight excluding hydrogens is 564 g/mol. The molecule has 0 spiro atoms. The maximum atomic E-state index is 6.51. The predicted octanol–water partition coefficient (Wildman–Crippen LogP) is 10.8. The normalized spacial score (nSPS) is 11.7. The van der Waals surface area contributed by atoms with E-state index < -0.39 is 0 Å². The van der Waals surface area contributed by atoms with E-state index in [1.807, 2.05) is 41.3 Å². The molecule has 0 fully saturated rings. The zero-order valence-electron chi connectivity index (χ0n) is 27.2. The number of aromatic nitrogens is 4. The quantitative estimate of drug-likeness (QED) is 0.165. The Balaban J connectivity index is 1.22. The Morgan fingerprint density at radius 2 is 1.57 bits per heavy atom. The predicted molar refractivity (Wildman–Crippen MR) is 190 cm³/mol. The van der Waals surface area contributed by atoms with Crippen molar-refractivity contribution in [2.45, 2.75) is 53.4 Å². The van der Waals surface area contributed by atoms with E-state index in [-0.39, 0.29) is 0 Å². The van der Waals surface area contributed by atoms with Crippen LogP contribution in [0.3, 0.4) is 0 Å². The van der Waals surface area contributed by atoms with Crippen LogP contribution in [-0.4, -0.2) is 19.3 Å². The molecule has 7 aromatic rings. The van der Waals surface area contributed by atoms with Crippen molar-refractivity contribution >= 4 is 21.8 Å². The summed E-state index contributed by atoms with van der Waals surface area (Å²) >= 11 is 0. The van der Waals surface area contributed by atoms with E-state index in [0.29, 0.717) is 11.8 Å². The lowest BCUT2D eigenvalue weighted by molar-refractivity contribution is 0.483. The van der Waals surface area contributed by atoms with Gasteiger partial charge in [-0.15, -0.1) is 0 Å². The lowest BCUT2D eigenvalue weighted by Crippen LogP contribution is -1.99. The topological polar surface area (TPSA) is 44.9 Å². The maximum absolute atomic E-state index is 6.51. The Kier molecular flexibility index (Phi) is 7.91. The zero-order valence-corrected chi connectivity index (χ0v) is 27.2. The molecule has 0 aliphatic heterocycles. The number of nitrogens with zero attached hydrogens (tertiary/aromatic N) is 4. The van der Waals surface area contributed by atoms with Gasteiger partial charge in [0.1, 0.15) is 17.3 Å². The summed E-state index contributed by atoms with van der Waals surface area (Å²) in [6.07, 6.45) is 8.24. The molecule has 230 valence electrons. The smallest absolute Gasteiger partial charge is 0.137 e. The second-order valence-corrected chi connectivity index (χ2v) is 12.9. The molecule has 0 unspecified atom stereocenters. The Labute approximate surface area is 271 Å². The minimum atomic E-state index is 0.413. The summed E-state index contributed by atoms with van der Waals surface area (Å²) in [7, 11) is 0. The Bertz CT molecular complexity index is 2170. The molecule has 0 amide bonds. The molecule has 7 rings (SSSR count). The van der Waals surface area contributed by atoms with Gasteiger partial charge in [-0.2, -0.15) is 5.10 Å². The molecule has 5 heteroatoms. The first-order chi connectivity index (χ1) is 22.4. The van der Waals surface area contributed by atoms with E-state index in [1.54, 1.807) is 0 Å². The van der Waals surface area contributed by atoms with Gasteiger partial charge in [-0.05, 0) is 96.3 Å². The molecule has 5 nitrogen and oxygen atoms in total. The van der Waals surface area contributed by atoms with Gasteiger partial charge < -0.3 is 4.74 Å². The van der Waals surface area contributed by atoms with E-state index in [9.17, 15) is 0 Å². The van der Waals surface area contributed by atoms with Crippen LogP contribution in [0.25, 0.3) is 44.4 Å². The molecule has 0 aliphatic rings. The van der Waals surface area contributed by atoms with Crippen molar-refractivity contribution in [3.63, 3.8) is 0 Å². The van der Waals surface area contributed by atoms with Crippen molar-refractivity contribution < 1.29 is 4.74 Å². The monoisotopic (exact) mass is 604 g/mol. The molecule has 0 bridgehead atoms. The van der Waals surface area contributed by atoms with E-state index in [4.69, 9.17) is 14.8 Å². The molecule has 46 heavy (non-hydrogen) atoms.